The van der Waals surface area contributed by atoms with E-state index in [4.69, 9.17) is 18.0 Å². The first-order valence-corrected chi connectivity index (χ1v) is 14.2. The Labute approximate surface area is 304 Å². The van der Waals surface area contributed by atoms with E-state index in [1.807, 2.05) is 0 Å². The zero-order valence-electron chi connectivity index (χ0n) is 20.3. The van der Waals surface area contributed by atoms with Crippen LogP contribution >= 0.6 is 34.9 Å². The molecule has 3 rings (SSSR count). The van der Waals surface area contributed by atoms with Crippen molar-refractivity contribution in [2.45, 2.75) is 29.7 Å². The van der Waals surface area contributed by atoms with Gasteiger partial charge < -0.3 is 56.6 Å². The third-order valence-corrected chi connectivity index (χ3v) is 8.42. The third kappa shape index (κ3) is 11.6. The van der Waals surface area contributed by atoms with Crippen LogP contribution < -0.4 is 139 Å². The number of hydrogen-bond acceptors (Lipinski definition) is 17. The van der Waals surface area contributed by atoms with Crippen molar-refractivity contribution < 1.29 is 175 Å². The van der Waals surface area contributed by atoms with Gasteiger partial charge in [0.1, 0.15) is 23.8 Å². The predicted octanol–water partition coefficient (Wildman–Crippen LogP) is -14.6. The fraction of sp³-hybridized carbons (Fsp3) is 0.545. The molecule has 0 saturated carbocycles. The van der Waals surface area contributed by atoms with Gasteiger partial charge in [-0.3, -0.25) is 17.8 Å². The van der Waals surface area contributed by atoms with Gasteiger partial charge in [0.15, 0.2) is 22.8 Å². The molecule has 3 radical (unpaired) electrons. The van der Waals surface area contributed by atoms with Gasteiger partial charge in [-0.25, -0.2) is 15.0 Å². The second kappa shape index (κ2) is 16.8. The molecule has 37 heavy (non-hydrogen) atoms. The number of hydrogen-bond donors (Lipinski definition) is 3. The average molecular weight is 636 g/mol. The van der Waals surface area contributed by atoms with Crippen LogP contribution in [0.15, 0.2) is 11.5 Å². The van der Waals surface area contributed by atoms with E-state index in [-0.39, 0.29) is 135 Å². The summed E-state index contributed by atoms with van der Waals surface area (Å²) in [6, 6.07) is 0. The first kappa shape index (κ1) is 42.2. The van der Waals surface area contributed by atoms with Crippen LogP contribution in [0.4, 0.5) is 5.82 Å². The molecule has 0 aliphatic carbocycles. The van der Waals surface area contributed by atoms with Crippen molar-refractivity contribution in [3.05, 3.63) is 6.33 Å². The molecular formula is C11H14BN5Na4O12P3S. The zero-order chi connectivity index (χ0) is 24.8. The fourth-order valence-electron chi connectivity index (χ4n) is 2.77. The number of phosphoric acid groups is 2. The molecule has 0 amide bonds. The fourth-order valence-corrected chi connectivity index (χ4v) is 6.16. The minimum atomic E-state index is -6.06. The number of nitrogen functional groups attached to an aromatic ring is 1. The third-order valence-electron chi connectivity index (χ3n) is 4.05. The summed E-state index contributed by atoms with van der Waals surface area (Å²) >= 11 is 1.18. The van der Waals surface area contributed by atoms with Gasteiger partial charge >= 0.3 is 118 Å². The standard InChI is InChI=1S/C11H17BN5O12P3S.4Na/c1-33-11-15-8(13)5-9(16-11)17(3-14-5)10-7(19)6(18)4(27-10)2-26-30(12,20)28-32(24,25)29-31(21,22)23;;;;/h3-4,6-7,10,18-19H,2H2,1H3,(H,24,25)(H2,13,15,16)(H2,21,22,23);;;;/q-1;4*+1/p-3/t4-,6+,7-,10-,30?;;;;/m1..../s1. The van der Waals surface area contributed by atoms with E-state index in [2.05, 4.69) is 28.1 Å². The average Bonchev–Trinajstić information content (AvgIpc) is 3.19. The van der Waals surface area contributed by atoms with Gasteiger partial charge in [-0.1, -0.05) is 11.8 Å². The number of nitrogens with zero attached hydrogens (tertiary/aromatic N) is 4. The molecule has 6 atom stereocenters. The first-order valence-electron chi connectivity index (χ1n) is 8.47. The molecule has 17 nitrogen and oxygen atoms in total. The van der Waals surface area contributed by atoms with Crippen LogP contribution in [0.2, 0.25) is 0 Å². The van der Waals surface area contributed by atoms with E-state index in [9.17, 15) is 38.6 Å². The number of thioether (sulfide) groups is 1. The Kier molecular flexibility index (Phi) is 19.2. The maximum Gasteiger partial charge on any atom is 1.00 e. The van der Waals surface area contributed by atoms with Crippen LogP contribution in [0.5, 0.6) is 0 Å². The summed E-state index contributed by atoms with van der Waals surface area (Å²) in [5.41, 5.74) is 6.19. The van der Waals surface area contributed by atoms with Gasteiger partial charge in [0.2, 0.25) is 0 Å². The maximum absolute atomic E-state index is 12.0. The Hall–Kier alpha value is 3.09. The maximum atomic E-state index is 12.0. The van der Waals surface area contributed by atoms with Crippen molar-refractivity contribution in [1.29, 1.82) is 0 Å². The van der Waals surface area contributed by atoms with E-state index in [1.54, 1.807) is 6.26 Å². The molecule has 4 N–H and O–H groups in total. The van der Waals surface area contributed by atoms with Crippen LogP contribution in [0.3, 0.4) is 0 Å². The van der Waals surface area contributed by atoms with Crippen LogP contribution in [0.1, 0.15) is 6.23 Å². The molecule has 1 fully saturated rings. The Morgan fingerprint density at radius 2 is 1.73 bits per heavy atom. The number of imidazole rings is 1. The topological polar surface area (TPSA) is 267 Å². The second-order valence-electron chi connectivity index (χ2n) is 6.36. The van der Waals surface area contributed by atoms with Crippen molar-refractivity contribution in [3.8, 4) is 0 Å². The van der Waals surface area contributed by atoms with E-state index < -0.39 is 54.3 Å². The number of nitrogens with two attached hydrogens (primary N) is 1. The number of fused-ring (bicyclic) bond motifs is 1. The van der Waals surface area contributed by atoms with Gasteiger partial charge in [-0.2, -0.15) is 0 Å². The van der Waals surface area contributed by atoms with Crippen LogP contribution in [-0.2, 0) is 31.6 Å². The number of anilines is 1. The molecule has 1 saturated heterocycles. The Bertz CT molecular complexity index is 1200. The molecule has 2 aromatic rings. The number of rotatable bonds is 9. The summed E-state index contributed by atoms with van der Waals surface area (Å²) in [7, 11) is -12.0. The summed E-state index contributed by atoms with van der Waals surface area (Å²) < 4.78 is 52.0. The molecule has 183 valence electrons. The van der Waals surface area contributed by atoms with Gasteiger partial charge in [0.25, 0.3) is 7.82 Å². The zero-order valence-corrected chi connectivity index (χ0v) is 31.8. The molecular weight excluding hydrogens is 622 g/mol. The van der Waals surface area contributed by atoms with Gasteiger partial charge in [0.05, 0.1) is 28.2 Å². The van der Waals surface area contributed by atoms with Crippen LogP contribution in [-0.4, -0.2) is 68.5 Å². The number of aliphatic hydroxyl groups excluding tert-OH is 2. The van der Waals surface area contributed by atoms with Crippen molar-refractivity contribution in [3.63, 3.8) is 0 Å². The van der Waals surface area contributed by atoms with Gasteiger partial charge in [0, 0.05) is 0 Å². The minimum absolute atomic E-state index is 0. The van der Waals surface area contributed by atoms with E-state index >= 15 is 0 Å². The van der Waals surface area contributed by atoms with E-state index in [0.717, 1.165) is 0 Å². The molecule has 3 heterocycles. The largest absolute Gasteiger partial charge is 1.00 e. The Morgan fingerprint density at radius 1 is 1.14 bits per heavy atom. The first-order chi connectivity index (χ1) is 15.1. The SMILES string of the molecule is [B-]P(=O)(OC[C@H]1O[C@@H](n2cnc3c(N)nc(SC)nc32)[C@H](O)[C@H]1O)OP(=O)([O-])OP(=O)([O-])[O-].[Na+].[Na+].[Na+].[Na+]. The number of ether oxygens (including phenoxy) is 1. The Morgan fingerprint density at radius 3 is 2.27 bits per heavy atom. The molecule has 1 aliphatic heterocycles. The normalized spacial score (nSPS) is 24.5. The minimum Gasteiger partial charge on any atom is -0.790 e. The van der Waals surface area contributed by atoms with E-state index in [0.29, 0.717) is 5.16 Å². The van der Waals surface area contributed by atoms with Gasteiger partial charge in [-0.15, -0.1) is 0 Å². The van der Waals surface area contributed by atoms with Crippen molar-refractivity contribution in [1.82, 2.24) is 19.5 Å². The Balaban J connectivity index is 0. The van der Waals surface area contributed by atoms with E-state index in [1.165, 1.54) is 22.7 Å². The quantitative estimate of drug-likeness (QED) is 0.0998. The summed E-state index contributed by atoms with van der Waals surface area (Å²) in [5, 5.41) is 20.9. The number of aromatic nitrogens is 4. The summed E-state index contributed by atoms with van der Waals surface area (Å²) in [4.78, 5) is 44.4. The monoisotopic (exact) mass is 636 g/mol. The predicted molar refractivity (Wildman–Crippen MR) is 104 cm³/mol. The molecule has 0 aromatic carbocycles. The van der Waals surface area contributed by atoms with Crippen molar-refractivity contribution in [2.75, 3.05) is 18.6 Å². The van der Waals surface area contributed by atoms with Crippen molar-refractivity contribution in [2.24, 2.45) is 0 Å². The molecule has 0 spiro atoms. The summed E-state index contributed by atoms with van der Waals surface area (Å²) in [6.07, 6.45) is -3.06. The summed E-state index contributed by atoms with van der Waals surface area (Å²) in [6.45, 7) is -0.894. The molecule has 0 bridgehead atoms. The van der Waals surface area contributed by atoms with Crippen LogP contribution in [0.25, 0.3) is 11.2 Å². The molecule has 26 heteroatoms. The molecule has 1 aliphatic rings. The second-order valence-corrected chi connectivity index (χ2v) is 11.6. The molecule has 2 unspecified atom stereocenters. The van der Waals surface area contributed by atoms with Crippen LogP contribution in [0, 0.1) is 0 Å². The van der Waals surface area contributed by atoms with Gasteiger partial charge in [-0.05, 0) is 6.26 Å². The number of aliphatic hydroxyl groups is 2. The smallest absolute Gasteiger partial charge is 0.790 e. The molecule has 2 aromatic heterocycles. The van der Waals surface area contributed by atoms with Crippen molar-refractivity contribution >= 4 is 59.4 Å². The summed E-state index contributed by atoms with van der Waals surface area (Å²) in [5.74, 6) is 0.0576.